The minimum atomic E-state index is -0.975. The Morgan fingerprint density at radius 1 is 1.54 bits per heavy atom. The average molecular weight is 197 g/mol. The van der Waals surface area contributed by atoms with Crippen molar-refractivity contribution in [2.24, 2.45) is 0 Å². The van der Waals surface area contributed by atoms with Crippen molar-refractivity contribution < 1.29 is 9.90 Å². The van der Waals surface area contributed by atoms with Crippen LogP contribution in [0, 0.1) is 6.92 Å². The number of aryl methyl sites for hydroxylation is 1. The van der Waals surface area contributed by atoms with Crippen molar-refractivity contribution >= 4 is 23.4 Å². The normalized spacial score (nSPS) is 10.0. The van der Waals surface area contributed by atoms with Gasteiger partial charge in [-0.1, -0.05) is 0 Å². The van der Waals surface area contributed by atoms with Gasteiger partial charge in [-0.15, -0.1) is 11.8 Å². The minimum Gasteiger partial charge on any atom is -0.478 e. The Morgan fingerprint density at radius 3 is 2.62 bits per heavy atom. The molecule has 0 radical (unpaired) electrons. The largest absolute Gasteiger partial charge is 0.478 e. The van der Waals surface area contributed by atoms with Gasteiger partial charge < -0.3 is 10.8 Å². The summed E-state index contributed by atoms with van der Waals surface area (Å²) in [7, 11) is 0. The number of nitrogen functional groups attached to an aromatic ring is 1. The number of rotatable bonds is 2. The van der Waals surface area contributed by atoms with Gasteiger partial charge in [0.2, 0.25) is 0 Å². The molecule has 0 heterocycles. The minimum absolute atomic E-state index is 0.185. The van der Waals surface area contributed by atoms with E-state index in [0.717, 1.165) is 10.5 Å². The molecular weight excluding hydrogens is 186 g/mol. The lowest BCUT2D eigenvalue weighted by Crippen LogP contribution is -2.04. The topological polar surface area (TPSA) is 63.3 Å². The number of aromatic carboxylic acids is 1. The van der Waals surface area contributed by atoms with Crippen LogP contribution in [0.1, 0.15) is 15.9 Å². The van der Waals surface area contributed by atoms with E-state index in [1.807, 2.05) is 19.2 Å². The highest BCUT2D eigenvalue weighted by molar-refractivity contribution is 7.98. The van der Waals surface area contributed by atoms with E-state index in [1.54, 1.807) is 6.07 Å². The van der Waals surface area contributed by atoms with Crippen molar-refractivity contribution in [3.63, 3.8) is 0 Å². The zero-order chi connectivity index (χ0) is 10.0. The second kappa shape index (κ2) is 3.70. The van der Waals surface area contributed by atoms with Gasteiger partial charge in [0.25, 0.3) is 0 Å². The first-order valence-electron chi connectivity index (χ1n) is 3.73. The van der Waals surface area contributed by atoms with Crippen molar-refractivity contribution in [1.82, 2.24) is 0 Å². The van der Waals surface area contributed by atoms with E-state index < -0.39 is 5.97 Å². The molecule has 1 aromatic carbocycles. The molecule has 0 fully saturated rings. The van der Waals surface area contributed by atoms with E-state index in [-0.39, 0.29) is 5.56 Å². The molecule has 0 unspecified atom stereocenters. The van der Waals surface area contributed by atoms with Gasteiger partial charge in [-0.05, 0) is 30.9 Å². The zero-order valence-corrected chi connectivity index (χ0v) is 8.31. The van der Waals surface area contributed by atoms with Gasteiger partial charge in [-0.25, -0.2) is 4.79 Å². The summed E-state index contributed by atoms with van der Waals surface area (Å²) >= 11 is 1.45. The molecule has 0 aromatic heterocycles. The number of carbonyl (C=O) groups is 1. The Labute approximate surface area is 80.9 Å². The number of carboxylic acid groups (broad SMARTS) is 1. The standard InChI is InChI=1S/C9H11NO2S/c1-5-3-6(9(11)12)8(10)7(4-5)13-2/h3-4H,10H2,1-2H3,(H,11,12). The molecule has 13 heavy (non-hydrogen) atoms. The third kappa shape index (κ3) is 1.95. The number of nitrogens with two attached hydrogens (primary N) is 1. The molecule has 0 atom stereocenters. The molecule has 0 amide bonds. The summed E-state index contributed by atoms with van der Waals surface area (Å²) in [6.45, 7) is 1.85. The number of hydrogen-bond donors (Lipinski definition) is 2. The van der Waals surface area contributed by atoms with Crippen LogP contribution in [0.5, 0.6) is 0 Å². The molecule has 0 bridgehead atoms. The quantitative estimate of drug-likeness (QED) is 0.562. The fourth-order valence-corrected chi connectivity index (χ4v) is 1.74. The molecule has 1 rings (SSSR count). The molecule has 0 aliphatic rings. The SMILES string of the molecule is CSc1cc(C)cc(C(=O)O)c1N. The first kappa shape index (κ1) is 9.92. The molecule has 0 spiro atoms. The number of benzene rings is 1. The summed E-state index contributed by atoms with van der Waals surface area (Å²) in [4.78, 5) is 11.6. The molecule has 3 N–H and O–H groups in total. The first-order valence-corrected chi connectivity index (χ1v) is 4.96. The van der Waals surface area contributed by atoms with Crippen LogP contribution in [0.4, 0.5) is 5.69 Å². The van der Waals surface area contributed by atoms with Crippen molar-refractivity contribution in [1.29, 1.82) is 0 Å². The van der Waals surface area contributed by atoms with Crippen LogP contribution >= 0.6 is 11.8 Å². The van der Waals surface area contributed by atoms with Crippen LogP contribution in [0.2, 0.25) is 0 Å². The van der Waals surface area contributed by atoms with Crippen molar-refractivity contribution in [3.8, 4) is 0 Å². The molecule has 0 saturated heterocycles. The highest BCUT2D eigenvalue weighted by Crippen LogP contribution is 2.27. The molecule has 3 nitrogen and oxygen atoms in total. The number of carboxylic acids is 1. The van der Waals surface area contributed by atoms with Gasteiger partial charge in [-0.2, -0.15) is 0 Å². The Morgan fingerprint density at radius 2 is 2.15 bits per heavy atom. The molecule has 70 valence electrons. The van der Waals surface area contributed by atoms with Crippen LogP contribution in [0.3, 0.4) is 0 Å². The van der Waals surface area contributed by atoms with Crippen LogP contribution in [0.25, 0.3) is 0 Å². The maximum Gasteiger partial charge on any atom is 0.337 e. The molecule has 0 aliphatic carbocycles. The van der Waals surface area contributed by atoms with Crippen molar-refractivity contribution in [3.05, 3.63) is 23.3 Å². The average Bonchev–Trinajstić information content (AvgIpc) is 2.08. The van der Waals surface area contributed by atoms with Gasteiger partial charge in [0.1, 0.15) is 0 Å². The van der Waals surface area contributed by atoms with E-state index in [1.165, 1.54) is 11.8 Å². The van der Waals surface area contributed by atoms with Crippen molar-refractivity contribution in [2.45, 2.75) is 11.8 Å². The van der Waals surface area contributed by atoms with E-state index >= 15 is 0 Å². The Kier molecular flexibility index (Phi) is 2.83. The third-order valence-electron chi connectivity index (χ3n) is 1.74. The van der Waals surface area contributed by atoms with Gasteiger partial charge >= 0.3 is 5.97 Å². The Bertz CT molecular complexity index is 350. The summed E-state index contributed by atoms with van der Waals surface area (Å²) in [6, 6.07) is 3.46. The van der Waals surface area contributed by atoms with E-state index in [9.17, 15) is 4.79 Å². The van der Waals surface area contributed by atoms with Crippen LogP contribution in [-0.4, -0.2) is 17.3 Å². The maximum atomic E-state index is 10.8. The zero-order valence-electron chi connectivity index (χ0n) is 7.50. The lowest BCUT2D eigenvalue weighted by molar-refractivity contribution is 0.0697. The predicted molar refractivity (Wildman–Crippen MR) is 54.3 cm³/mol. The van der Waals surface area contributed by atoms with Gasteiger partial charge in [0.15, 0.2) is 0 Å². The summed E-state index contributed by atoms with van der Waals surface area (Å²) in [5.74, 6) is -0.975. The van der Waals surface area contributed by atoms with Gasteiger partial charge in [-0.3, -0.25) is 0 Å². The summed E-state index contributed by atoms with van der Waals surface area (Å²) < 4.78 is 0. The Hall–Kier alpha value is -1.16. The fraction of sp³-hybridized carbons (Fsp3) is 0.222. The molecule has 0 aliphatic heterocycles. The second-order valence-corrected chi connectivity index (χ2v) is 3.58. The van der Waals surface area contributed by atoms with Gasteiger partial charge in [0, 0.05) is 4.90 Å². The van der Waals surface area contributed by atoms with Crippen molar-refractivity contribution in [2.75, 3.05) is 12.0 Å². The Balaban J connectivity index is 3.35. The van der Waals surface area contributed by atoms with E-state index in [2.05, 4.69) is 0 Å². The summed E-state index contributed by atoms with van der Waals surface area (Å²) in [5.41, 5.74) is 7.11. The molecular formula is C9H11NO2S. The third-order valence-corrected chi connectivity index (χ3v) is 2.51. The van der Waals surface area contributed by atoms with Gasteiger partial charge in [0.05, 0.1) is 11.3 Å². The molecule has 4 heteroatoms. The fourth-order valence-electron chi connectivity index (χ4n) is 1.11. The molecule has 1 aromatic rings. The molecule has 0 saturated carbocycles. The number of anilines is 1. The number of hydrogen-bond acceptors (Lipinski definition) is 3. The van der Waals surface area contributed by atoms with Crippen LogP contribution in [0.15, 0.2) is 17.0 Å². The monoisotopic (exact) mass is 197 g/mol. The second-order valence-electron chi connectivity index (χ2n) is 2.73. The van der Waals surface area contributed by atoms with Crippen LogP contribution < -0.4 is 5.73 Å². The lowest BCUT2D eigenvalue weighted by Gasteiger charge is -2.07. The highest BCUT2D eigenvalue weighted by Gasteiger charge is 2.11. The summed E-state index contributed by atoms with van der Waals surface area (Å²) in [5, 5.41) is 8.82. The predicted octanol–water partition coefficient (Wildman–Crippen LogP) is 2.00. The number of thioether (sulfide) groups is 1. The smallest absolute Gasteiger partial charge is 0.337 e. The summed E-state index contributed by atoms with van der Waals surface area (Å²) in [6.07, 6.45) is 1.87. The van der Waals surface area contributed by atoms with Crippen LogP contribution in [-0.2, 0) is 0 Å². The first-order chi connectivity index (χ1) is 6.06. The lowest BCUT2D eigenvalue weighted by atomic mass is 10.1. The highest BCUT2D eigenvalue weighted by atomic mass is 32.2. The maximum absolute atomic E-state index is 10.8. The van der Waals surface area contributed by atoms with E-state index in [4.69, 9.17) is 10.8 Å². The van der Waals surface area contributed by atoms with E-state index in [0.29, 0.717) is 5.69 Å².